The number of nitrogens with one attached hydrogen (secondary N) is 1. The van der Waals surface area contributed by atoms with E-state index in [1.165, 1.54) is 12.3 Å². The first-order valence-corrected chi connectivity index (χ1v) is 6.06. The Morgan fingerprint density at radius 2 is 2.00 bits per heavy atom. The number of aromatic nitrogens is 1. The van der Waals surface area contributed by atoms with Crippen LogP contribution in [0.1, 0.15) is 15.9 Å². The van der Waals surface area contributed by atoms with E-state index >= 15 is 0 Å². The molecule has 1 amide bonds. The summed E-state index contributed by atoms with van der Waals surface area (Å²) in [5.41, 5.74) is 0.804. The average molecular weight is 292 g/mol. The summed E-state index contributed by atoms with van der Waals surface area (Å²) < 4.78 is 0. The number of nitrogens with zero attached hydrogens (tertiary/aromatic N) is 2. The number of halogens is 1. The third-order valence-corrected chi connectivity index (χ3v) is 2.82. The maximum absolute atomic E-state index is 11.9. The first-order chi connectivity index (χ1) is 9.56. The minimum absolute atomic E-state index is 0.146. The Labute approximate surface area is 119 Å². The normalized spacial score (nSPS) is 10.1. The molecule has 0 fully saturated rings. The smallest absolute Gasteiger partial charge is 0.288 e. The van der Waals surface area contributed by atoms with Crippen molar-refractivity contribution in [3.8, 4) is 0 Å². The van der Waals surface area contributed by atoms with Crippen LogP contribution in [0, 0.1) is 10.1 Å². The van der Waals surface area contributed by atoms with Crippen LogP contribution in [-0.2, 0) is 6.54 Å². The number of pyridine rings is 1. The molecule has 0 spiro atoms. The summed E-state index contributed by atoms with van der Waals surface area (Å²) in [6, 6.07) is 8.20. The molecule has 1 N–H and O–H groups in total. The summed E-state index contributed by atoms with van der Waals surface area (Å²) >= 11 is 5.76. The molecule has 1 aromatic carbocycles. The Morgan fingerprint density at radius 1 is 1.30 bits per heavy atom. The quantitative estimate of drug-likeness (QED) is 0.693. The van der Waals surface area contributed by atoms with Gasteiger partial charge in [0.2, 0.25) is 0 Å². The number of carbonyl (C=O) groups is 1. The van der Waals surface area contributed by atoms with Crippen LogP contribution in [0.25, 0.3) is 0 Å². The third-order valence-electron chi connectivity index (χ3n) is 2.56. The lowest BCUT2D eigenvalue weighted by Crippen LogP contribution is -2.22. The Balaban J connectivity index is 2.03. The second-order valence-electron chi connectivity index (χ2n) is 4.00. The maximum atomic E-state index is 11.9. The Morgan fingerprint density at radius 3 is 2.65 bits per heavy atom. The summed E-state index contributed by atoms with van der Waals surface area (Å²) in [5, 5.41) is 13.9. The Kier molecular flexibility index (Phi) is 4.27. The molecule has 0 aliphatic heterocycles. The average Bonchev–Trinajstić information content (AvgIpc) is 2.46. The molecular weight excluding hydrogens is 282 g/mol. The summed E-state index contributed by atoms with van der Waals surface area (Å²) in [5.74, 6) is -0.420. The zero-order valence-corrected chi connectivity index (χ0v) is 11.0. The van der Waals surface area contributed by atoms with Gasteiger partial charge in [-0.1, -0.05) is 23.7 Å². The summed E-state index contributed by atoms with van der Waals surface area (Å²) in [7, 11) is 0. The summed E-state index contributed by atoms with van der Waals surface area (Å²) in [6.07, 6.45) is 2.38. The Hall–Kier alpha value is -2.47. The van der Waals surface area contributed by atoms with E-state index < -0.39 is 10.8 Å². The first-order valence-electron chi connectivity index (χ1n) is 5.68. The monoisotopic (exact) mass is 291 g/mol. The van der Waals surface area contributed by atoms with Crippen LogP contribution in [0.3, 0.4) is 0 Å². The van der Waals surface area contributed by atoms with Gasteiger partial charge >= 0.3 is 0 Å². The molecule has 0 radical (unpaired) electrons. The van der Waals surface area contributed by atoms with Gasteiger partial charge in [0.1, 0.15) is 6.20 Å². The van der Waals surface area contributed by atoms with Crippen molar-refractivity contribution in [2.24, 2.45) is 0 Å². The summed E-state index contributed by atoms with van der Waals surface area (Å²) in [4.78, 5) is 25.5. The van der Waals surface area contributed by atoms with E-state index in [9.17, 15) is 14.9 Å². The fourth-order valence-corrected chi connectivity index (χ4v) is 1.66. The van der Waals surface area contributed by atoms with E-state index in [1.54, 1.807) is 24.3 Å². The zero-order valence-electron chi connectivity index (χ0n) is 10.2. The molecule has 0 aliphatic rings. The van der Waals surface area contributed by atoms with Gasteiger partial charge < -0.3 is 5.32 Å². The summed E-state index contributed by atoms with van der Waals surface area (Å²) in [6.45, 7) is 0.304. The van der Waals surface area contributed by atoms with Crippen LogP contribution in [0.15, 0.2) is 42.7 Å². The van der Waals surface area contributed by atoms with Crippen LogP contribution in [-0.4, -0.2) is 15.8 Å². The van der Waals surface area contributed by atoms with Crippen LogP contribution >= 0.6 is 11.6 Å². The highest BCUT2D eigenvalue weighted by atomic mass is 35.5. The molecular formula is C13H10ClN3O3. The van der Waals surface area contributed by atoms with Gasteiger partial charge in [-0.3, -0.25) is 19.9 Å². The van der Waals surface area contributed by atoms with Crippen molar-refractivity contribution in [3.05, 3.63) is 69.0 Å². The van der Waals surface area contributed by atoms with E-state index in [1.807, 2.05) is 0 Å². The van der Waals surface area contributed by atoms with Gasteiger partial charge in [0.25, 0.3) is 11.6 Å². The molecule has 0 aliphatic carbocycles. The number of hydrogen-bond donors (Lipinski definition) is 1. The molecule has 0 bridgehead atoms. The van der Waals surface area contributed by atoms with Crippen LogP contribution in [0.4, 0.5) is 5.69 Å². The molecule has 2 aromatic rings. The number of nitro groups is 1. The van der Waals surface area contributed by atoms with Crippen molar-refractivity contribution in [1.29, 1.82) is 0 Å². The predicted octanol–water partition coefficient (Wildman–Crippen LogP) is 2.57. The van der Waals surface area contributed by atoms with E-state index in [2.05, 4.69) is 10.3 Å². The van der Waals surface area contributed by atoms with Gasteiger partial charge in [0.15, 0.2) is 0 Å². The molecule has 0 saturated carbocycles. The molecule has 2 rings (SSSR count). The van der Waals surface area contributed by atoms with E-state index in [0.29, 0.717) is 11.6 Å². The number of benzene rings is 1. The van der Waals surface area contributed by atoms with Gasteiger partial charge in [-0.15, -0.1) is 0 Å². The van der Waals surface area contributed by atoms with Crippen molar-refractivity contribution in [2.45, 2.75) is 6.54 Å². The van der Waals surface area contributed by atoms with Crippen LogP contribution < -0.4 is 5.32 Å². The number of hydrogen-bond acceptors (Lipinski definition) is 4. The van der Waals surface area contributed by atoms with Crippen LogP contribution in [0.5, 0.6) is 0 Å². The van der Waals surface area contributed by atoms with Gasteiger partial charge in [0, 0.05) is 23.8 Å². The fraction of sp³-hybridized carbons (Fsp3) is 0.0769. The van der Waals surface area contributed by atoms with Crippen molar-refractivity contribution in [1.82, 2.24) is 10.3 Å². The number of carbonyl (C=O) groups excluding carboxylic acids is 1. The molecule has 7 heteroatoms. The molecule has 20 heavy (non-hydrogen) atoms. The second kappa shape index (κ2) is 6.12. The van der Waals surface area contributed by atoms with Gasteiger partial charge in [-0.25, -0.2) is 0 Å². The Bertz CT molecular complexity index is 644. The molecule has 102 valence electrons. The molecule has 0 saturated heterocycles. The van der Waals surface area contributed by atoms with Gasteiger partial charge in [0.05, 0.1) is 10.5 Å². The van der Waals surface area contributed by atoms with E-state index in [-0.39, 0.29) is 11.3 Å². The van der Waals surface area contributed by atoms with Crippen molar-refractivity contribution >= 4 is 23.2 Å². The lowest BCUT2D eigenvalue weighted by Gasteiger charge is -2.05. The van der Waals surface area contributed by atoms with Crippen molar-refractivity contribution < 1.29 is 9.72 Å². The molecule has 0 atom stereocenters. The van der Waals surface area contributed by atoms with Gasteiger partial charge in [-0.05, 0) is 17.7 Å². The van der Waals surface area contributed by atoms with Crippen molar-refractivity contribution in [2.75, 3.05) is 0 Å². The molecule has 1 heterocycles. The van der Waals surface area contributed by atoms with Crippen molar-refractivity contribution in [3.63, 3.8) is 0 Å². The highest BCUT2D eigenvalue weighted by Gasteiger charge is 2.12. The third kappa shape index (κ3) is 3.52. The van der Waals surface area contributed by atoms with Gasteiger partial charge in [-0.2, -0.15) is 0 Å². The fourth-order valence-electron chi connectivity index (χ4n) is 1.54. The molecule has 0 unspecified atom stereocenters. The maximum Gasteiger partial charge on any atom is 0.288 e. The minimum atomic E-state index is -0.594. The van der Waals surface area contributed by atoms with E-state index in [0.717, 1.165) is 11.8 Å². The number of amides is 1. The minimum Gasteiger partial charge on any atom is -0.348 e. The zero-order chi connectivity index (χ0) is 14.5. The van der Waals surface area contributed by atoms with E-state index in [4.69, 9.17) is 11.6 Å². The standard InChI is InChI=1S/C13H10ClN3O3/c14-11-3-1-9(2-4-11)6-16-13(18)10-5-12(17(19)20)8-15-7-10/h1-5,7-8H,6H2,(H,16,18). The largest absolute Gasteiger partial charge is 0.348 e. The molecule has 6 nitrogen and oxygen atoms in total. The number of rotatable bonds is 4. The predicted molar refractivity (Wildman–Crippen MR) is 73.5 cm³/mol. The topological polar surface area (TPSA) is 85.1 Å². The highest BCUT2D eigenvalue weighted by molar-refractivity contribution is 6.30. The second-order valence-corrected chi connectivity index (χ2v) is 4.43. The lowest BCUT2D eigenvalue weighted by atomic mass is 10.2. The lowest BCUT2D eigenvalue weighted by molar-refractivity contribution is -0.385. The SMILES string of the molecule is O=C(NCc1ccc(Cl)cc1)c1cncc([N+](=O)[O-])c1. The van der Waals surface area contributed by atoms with Crippen LogP contribution in [0.2, 0.25) is 5.02 Å². The highest BCUT2D eigenvalue weighted by Crippen LogP contribution is 2.12. The molecule has 1 aromatic heterocycles. The first kappa shape index (κ1) is 14.0.